The van der Waals surface area contributed by atoms with Crippen LogP contribution in [0.1, 0.15) is 10.4 Å². The molecule has 1 aromatic carbocycles. The Labute approximate surface area is 102 Å². The number of hydrogen-bond donors (Lipinski definition) is 2. The Morgan fingerprint density at radius 3 is 2.89 bits per heavy atom. The van der Waals surface area contributed by atoms with E-state index >= 15 is 0 Å². The van der Waals surface area contributed by atoms with Crippen molar-refractivity contribution in [1.29, 1.82) is 0 Å². The fourth-order valence-electron chi connectivity index (χ4n) is 1.58. The number of carbonyl (C=O) groups is 1. The van der Waals surface area contributed by atoms with Crippen LogP contribution in [0.4, 0.5) is 5.82 Å². The third-order valence-corrected chi connectivity index (χ3v) is 2.44. The summed E-state index contributed by atoms with van der Waals surface area (Å²) in [6, 6.07) is 8.90. The van der Waals surface area contributed by atoms with Crippen molar-refractivity contribution >= 4 is 22.9 Å². The van der Waals surface area contributed by atoms with E-state index in [1.54, 1.807) is 24.3 Å². The highest BCUT2D eigenvalue weighted by Gasteiger charge is 2.10. The maximum Gasteiger partial charge on any atom is 0.256 e. The van der Waals surface area contributed by atoms with Crippen molar-refractivity contribution < 1.29 is 4.79 Å². The quantitative estimate of drug-likeness (QED) is 0.707. The molecule has 6 heteroatoms. The molecule has 0 saturated heterocycles. The Morgan fingerprint density at radius 2 is 2.06 bits per heavy atom. The average Bonchev–Trinajstić information content (AvgIpc) is 2.89. The molecule has 1 amide bonds. The first-order valence-electron chi connectivity index (χ1n) is 5.28. The molecular weight excluding hydrogens is 230 g/mol. The van der Waals surface area contributed by atoms with Gasteiger partial charge in [0.05, 0.1) is 6.33 Å². The SMILES string of the molecule is O=C(Nc1n[c]nc2nc[nH]c12)c1ccccc1. The standard InChI is InChI=1S/C12H8N5O/c18-12(8-4-2-1-3-5-8)17-11-9-10(14-6-13-9)15-7-16-11/h1-6H,(H2,13,14,15,16,17,18). The summed E-state index contributed by atoms with van der Waals surface area (Å²) < 4.78 is 0. The van der Waals surface area contributed by atoms with Gasteiger partial charge in [-0.05, 0) is 12.1 Å². The Balaban J connectivity index is 1.93. The molecule has 0 unspecified atom stereocenters. The topological polar surface area (TPSA) is 83.6 Å². The number of carbonyl (C=O) groups excluding carboxylic acids is 1. The van der Waals surface area contributed by atoms with Crippen LogP contribution < -0.4 is 5.32 Å². The number of hydrogen-bond acceptors (Lipinski definition) is 4. The second-order valence-electron chi connectivity index (χ2n) is 3.59. The number of amides is 1. The van der Waals surface area contributed by atoms with Gasteiger partial charge < -0.3 is 10.3 Å². The van der Waals surface area contributed by atoms with Crippen molar-refractivity contribution in [3.63, 3.8) is 0 Å². The number of benzene rings is 1. The van der Waals surface area contributed by atoms with Crippen molar-refractivity contribution in [2.24, 2.45) is 0 Å². The summed E-state index contributed by atoms with van der Waals surface area (Å²) in [6.07, 6.45) is 3.94. The van der Waals surface area contributed by atoms with Crippen molar-refractivity contribution in [1.82, 2.24) is 19.9 Å². The third kappa shape index (κ3) is 1.80. The number of anilines is 1. The maximum absolute atomic E-state index is 12.0. The molecule has 0 bridgehead atoms. The lowest BCUT2D eigenvalue weighted by Gasteiger charge is -2.04. The molecule has 0 aliphatic heterocycles. The Morgan fingerprint density at radius 1 is 1.22 bits per heavy atom. The van der Waals surface area contributed by atoms with Gasteiger partial charge >= 0.3 is 0 Å². The van der Waals surface area contributed by atoms with Gasteiger partial charge in [-0.15, -0.1) is 0 Å². The van der Waals surface area contributed by atoms with Crippen LogP contribution >= 0.6 is 0 Å². The molecule has 0 spiro atoms. The van der Waals surface area contributed by atoms with Crippen molar-refractivity contribution in [3.05, 3.63) is 48.5 Å². The minimum atomic E-state index is -0.237. The molecule has 0 fully saturated rings. The summed E-state index contributed by atoms with van der Waals surface area (Å²) in [5.74, 6) is 0.130. The fourth-order valence-corrected chi connectivity index (χ4v) is 1.58. The highest BCUT2D eigenvalue weighted by atomic mass is 16.1. The van der Waals surface area contributed by atoms with Crippen LogP contribution in [0.5, 0.6) is 0 Å². The highest BCUT2D eigenvalue weighted by Crippen LogP contribution is 2.15. The van der Waals surface area contributed by atoms with Gasteiger partial charge in [0.1, 0.15) is 5.52 Å². The van der Waals surface area contributed by atoms with Gasteiger partial charge in [-0.3, -0.25) is 4.79 Å². The predicted molar refractivity (Wildman–Crippen MR) is 64.9 cm³/mol. The smallest absolute Gasteiger partial charge is 0.256 e. The molecule has 87 valence electrons. The zero-order valence-corrected chi connectivity index (χ0v) is 9.21. The van der Waals surface area contributed by atoms with Gasteiger partial charge in [-0.25, -0.2) is 15.0 Å². The van der Waals surface area contributed by atoms with Crippen molar-refractivity contribution in [2.75, 3.05) is 5.32 Å². The second-order valence-corrected chi connectivity index (χ2v) is 3.59. The van der Waals surface area contributed by atoms with E-state index in [0.29, 0.717) is 22.5 Å². The number of nitrogens with zero attached hydrogens (tertiary/aromatic N) is 3. The number of aromatic nitrogens is 4. The molecule has 18 heavy (non-hydrogen) atoms. The molecule has 2 heterocycles. The fraction of sp³-hybridized carbons (Fsp3) is 0. The number of H-pyrrole nitrogens is 1. The number of nitrogens with one attached hydrogen (secondary N) is 2. The van der Waals surface area contributed by atoms with Crippen LogP contribution in [0.15, 0.2) is 36.7 Å². The second kappa shape index (κ2) is 4.25. The molecule has 0 aliphatic carbocycles. The normalized spacial score (nSPS) is 10.4. The van der Waals surface area contributed by atoms with Crippen LogP contribution in [-0.2, 0) is 0 Å². The van der Waals surface area contributed by atoms with Gasteiger partial charge in [-0.1, -0.05) is 18.2 Å². The average molecular weight is 238 g/mol. The first-order chi connectivity index (χ1) is 8.84. The molecule has 0 atom stereocenters. The van der Waals surface area contributed by atoms with E-state index in [-0.39, 0.29) is 5.91 Å². The van der Waals surface area contributed by atoms with Crippen LogP contribution in [0, 0.1) is 6.33 Å². The Kier molecular flexibility index (Phi) is 2.45. The monoisotopic (exact) mass is 238 g/mol. The van der Waals surface area contributed by atoms with Crippen LogP contribution in [0.2, 0.25) is 0 Å². The summed E-state index contributed by atoms with van der Waals surface area (Å²) >= 11 is 0. The minimum Gasteiger partial charge on any atom is -0.340 e. The van der Waals surface area contributed by atoms with Crippen LogP contribution in [0.25, 0.3) is 11.2 Å². The first-order valence-corrected chi connectivity index (χ1v) is 5.28. The van der Waals surface area contributed by atoms with E-state index in [2.05, 4.69) is 31.6 Å². The van der Waals surface area contributed by atoms with E-state index in [4.69, 9.17) is 0 Å². The van der Waals surface area contributed by atoms with E-state index in [1.807, 2.05) is 6.07 Å². The van der Waals surface area contributed by atoms with E-state index in [1.165, 1.54) is 6.33 Å². The largest absolute Gasteiger partial charge is 0.340 e. The zero-order valence-electron chi connectivity index (χ0n) is 9.21. The third-order valence-electron chi connectivity index (χ3n) is 2.44. The van der Waals surface area contributed by atoms with E-state index in [0.717, 1.165) is 0 Å². The molecule has 1 radical (unpaired) electrons. The molecule has 0 aliphatic rings. The summed E-state index contributed by atoms with van der Waals surface area (Å²) in [5, 5.41) is 2.69. The van der Waals surface area contributed by atoms with Gasteiger partial charge in [0, 0.05) is 5.56 Å². The molecule has 3 rings (SSSR count). The number of imidazole rings is 1. The predicted octanol–water partition coefficient (Wildman–Crippen LogP) is 1.41. The lowest BCUT2D eigenvalue weighted by atomic mass is 10.2. The van der Waals surface area contributed by atoms with E-state index in [9.17, 15) is 4.79 Å². The molecular formula is C12H8N5O. The lowest BCUT2D eigenvalue weighted by molar-refractivity contribution is 0.102. The van der Waals surface area contributed by atoms with E-state index < -0.39 is 0 Å². The Bertz CT molecular complexity index is 692. The van der Waals surface area contributed by atoms with Gasteiger partial charge in [0.2, 0.25) is 6.33 Å². The molecule has 6 nitrogen and oxygen atoms in total. The number of fused-ring (bicyclic) bond motifs is 1. The van der Waals surface area contributed by atoms with Gasteiger partial charge in [0.25, 0.3) is 5.91 Å². The maximum atomic E-state index is 12.0. The molecule has 2 aromatic heterocycles. The summed E-state index contributed by atoms with van der Waals surface area (Å²) in [4.78, 5) is 26.6. The summed E-state index contributed by atoms with van der Waals surface area (Å²) in [7, 11) is 0. The summed E-state index contributed by atoms with van der Waals surface area (Å²) in [6.45, 7) is 0. The first kappa shape index (κ1) is 10.4. The number of rotatable bonds is 2. The van der Waals surface area contributed by atoms with Crippen molar-refractivity contribution in [3.8, 4) is 0 Å². The Hall–Kier alpha value is -2.76. The van der Waals surface area contributed by atoms with Crippen LogP contribution in [-0.4, -0.2) is 25.8 Å². The number of aromatic amines is 1. The molecule has 0 saturated carbocycles. The van der Waals surface area contributed by atoms with Crippen molar-refractivity contribution in [2.45, 2.75) is 0 Å². The molecule has 3 aromatic rings. The molecule has 2 N–H and O–H groups in total. The lowest BCUT2D eigenvalue weighted by Crippen LogP contribution is -2.13. The zero-order chi connectivity index (χ0) is 12.4. The van der Waals surface area contributed by atoms with Gasteiger partial charge in [-0.2, -0.15) is 0 Å². The van der Waals surface area contributed by atoms with Gasteiger partial charge in [0.15, 0.2) is 11.5 Å². The summed E-state index contributed by atoms with van der Waals surface area (Å²) in [5.41, 5.74) is 1.61. The highest BCUT2D eigenvalue weighted by molar-refractivity contribution is 6.06. The van der Waals surface area contributed by atoms with Crippen LogP contribution in [0.3, 0.4) is 0 Å². The minimum absolute atomic E-state index is 0.237.